The van der Waals surface area contributed by atoms with Gasteiger partial charge in [0.05, 0.1) is 13.3 Å². The Kier molecular flexibility index (Phi) is 4.18. The van der Waals surface area contributed by atoms with Crippen molar-refractivity contribution >= 4 is 6.21 Å². The van der Waals surface area contributed by atoms with Crippen molar-refractivity contribution < 1.29 is 4.74 Å². The Balaban J connectivity index is 2.48. The molecule has 3 heteroatoms. The molecule has 0 aliphatic carbocycles. The average molecular weight is 254 g/mol. The average Bonchev–Trinajstić information content (AvgIpc) is 2.45. The first kappa shape index (κ1) is 13.1. The van der Waals surface area contributed by atoms with Gasteiger partial charge in [0.25, 0.3) is 0 Å². The summed E-state index contributed by atoms with van der Waals surface area (Å²) in [5, 5.41) is 6.08. The molecule has 98 valence electrons. The predicted octanol–water partition coefficient (Wildman–Crippen LogP) is 3.26. The van der Waals surface area contributed by atoms with Gasteiger partial charge in [0.15, 0.2) is 0 Å². The lowest BCUT2D eigenvalue weighted by Gasteiger charge is -2.09. The zero-order valence-corrected chi connectivity index (χ0v) is 11.5. The third-order valence-corrected chi connectivity index (χ3v) is 2.77. The van der Waals surface area contributed by atoms with Crippen molar-refractivity contribution in [3.63, 3.8) is 0 Å². The summed E-state index contributed by atoms with van der Waals surface area (Å²) in [6.45, 7) is 0. The lowest BCUT2D eigenvalue weighted by Crippen LogP contribution is -2.02. The van der Waals surface area contributed by atoms with E-state index in [1.54, 1.807) is 12.1 Å². The summed E-state index contributed by atoms with van der Waals surface area (Å²) in [4.78, 5) is 0. The predicted molar refractivity (Wildman–Crippen MR) is 79.7 cm³/mol. The SMILES string of the molecule is COc1ccc(-c2ccccc2)c(/C=N/N(C)C)c1. The second kappa shape index (κ2) is 6.05. The largest absolute Gasteiger partial charge is 0.497 e. The molecule has 0 atom stereocenters. The Morgan fingerprint density at radius 2 is 1.79 bits per heavy atom. The lowest BCUT2D eigenvalue weighted by atomic mass is 10.00. The molecule has 0 fully saturated rings. The number of ether oxygens (including phenoxy) is 1. The Morgan fingerprint density at radius 3 is 2.42 bits per heavy atom. The number of hydrazone groups is 1. The number of hydrogen-bond acceptors (Lipinski definition) is 3. The van der Waals surface area contributed by atoms with E-state index in [0.29, 0.717) is 0 Å². The van der Waals surface area contributed by atoms with Crippen LogP contribution in [0.1, 0.15) is 5.56 Å². The van der Waals surface area contributed by atoms with E-state index < -0.39 is 0 Å². The molecule has 0 aliphatic heterocycles. The van der Waals surface area contributed by atoms with E-state index in [0.717, 1.165) is 16.9 Å². The maximum absolute atomic E-state index is 5.28. The Labute approximate surface area is 114 Å². The minimum Gasteiger partial charge on any atom is -0.497 e. The third-order valence-electron chi connectivity index (χ3n) is 2.77. The fourth-order valence-corrected chi connectivity index (χ4v) is 1.83. The van der Waals surface area contributed by atoms with Crippen molar-refractivity contribution in [1.82, 2.24) is 5.01 Å². The molecule has 0 N–H and O–H groups in total. The monoisotopic (exact) mass is 254 g/mol. The molecule has 19 heavy (non-hydrogen) atoms. The van der Waals surface area contributed by atoms with Crippen LogP contribution in [0.15, 0.2) is 53.6 Å². The molecule has 3 nitrogen and oxygen atoms in total. The second-order valence-corrected chi connectivity index (χ2v) is 4.41. The van der Waals surface area contributed by atoms with E-state index in [4.69, 9.17) is 4.74 Å². The minimum atomic E-state index is 0.833. The molecule has 0 heterocycles. The van der Waals surface area contributed by atoms with E-state index in [9.17, 15) is 0 Å². The zero-order chi connectivity index (χ0) is 13.7. The van der Waals surface area contributed by atoms with E-state index in [2.05, 4.69) is 23.3 Å². The van der Waals surface area contributed by atoms with Crippen LogP contribution < -0.4 is 4.74 Å². The first-order valence-corrected chi connectivity index (χ1v) is 6.15. The van der Waals surface area contributed by atoms with Crippen LogP contribution in [0.4, 0.5) is 0 Å². The maximum Gasteiger partial charge on any atom is 0.119 e. The Hall–Kier alpha value is -2.29. The highest BCUT2D eigenvalue weighted by Crippen LogP contribution is 2.26. The minimum absolute atomic E-state index is 0.833. The Morgan fingerprint density at radius 1 is 1.05 bits per heavy atom. The molecule has 0 aliphatic rings. The van der Waals surface area contributed by atoms with Gasteiger partial charge < -0.3 is 9.75 Å². The standard InChI is InChI=1S/C16H18N2O/c1-18(2)17-12-14-11-15(19-3)9-10-16(14)13-7-5-4-6-8-13/h4-12H,1-3H3/b17-12+. The van der Waals surface area contributed by atoms with Crippen molar-refractivity contribution in [2.24, 2.45) is 5.10 Å². The first-order valence-electron chi connectivity index (χ1n) is 6.15. The normalized spacial score (nSPS) is 10.7. The topological polar surface area (TPSA) is 24.8 Å². The van der Waals surface area contributed by atoms with Crippen LogP contribution in [-0.2, 0) is 0 Å². The van der Waals surface area contributed by atoms with Crippen molar-refractivity contribution in [3.05, 3.63) is 54.1 Å². The van der Waals surface area contributed by atoms with Crippen LogP contribution in [-0.4, -0.2) is 32.4 Å². The van der Waals surface area contributed by atoms with E-state index in [-0.39, 0.29) is 0 Å². The highest BCUT2D eigenvalue weighted by atomic mass is 16.5. The van der Waals surface area contributed by atoms with Gasteiger partial charge in [-0.3, -0.25) is 0 Å². The Bertz CT molecular complexity index is 562. The number of nitrogens with zero attached hydrogens (tertiary/aromatic N) is 2. The van der Waals surface area contributed by atoms with E-state index in [1.807, 2.05) is 50.6 Å². The molecule has 0 unspecified atom stereocenters. The van der Waals surface area contributed by atoms with E-state index in [1.165, 1.54) is 5.56 Å². The van der Waals surface area contributed by atoms with E-state index >= 15 is 0 Å². The number of hydrogen-bond donors (Lipinski definition) is 0. The lowest BCUT2D eigenvalue weighted by molar-refractivity contribution is 0.414. The summed E-state index contributed by atoms with van der Waals surface area (Å²) < 4.78 is 5.28. The molecule has 0 saturated carbocycles. The molecular formula is C16H18N2O. The molecule has 2 rings (SSSR count). The van der Waals surface area contributed by atoms with Crippen molar-refractivity contribution in [2.45, 2.75) is 0 Å². The van der Waals surface area contributed by atoms with Gasteiger partial charge in [-0.15, -0.1) is 0 Å². The molecule has 2 aromatic rings. The first-order chi connectivity index (χ1) is 9.20. The fraction of sp³-hybridized carbons (Fsp3) is 0.188. The van der Waals surface area contributed by atoms with Crippen molar-refractivity contribution in [2.75, 3.05) is 21.2 Å². The number of rotatable bonds is 4. The molecule has 0 amide bonds. The second-order valence-electron chi connectivity index (χ2n) is 4.41. The molecule has 0 saturated heterocycles. The third kappa shape index (κ3) is 3.35. The van der Waals surface area contributed by atoms with Crippen molar-refractivity contribution in [1.29, 1.82) is 0 Å². The fourth-order valence-electron chi connectivity index (χ4n) is 1.83. The summed E-state index contributed by atoms with van der Waals surface area (Å²) in [5.74, 6) is 0.833. The highest BCUT2D eigenvalue weighted by Gasteiger charge is 2.05. The maximum atomic E-state index is 5.28. The van der Waals surface area contributed by atoms with Gasteiger partial charge in [-0.25, -0.2) is 0 Å². The molecule has 0 aromatic heterocycles. The zero-order valence-electron chi connectivity index (χ0n) is 11.5. The molecule has 0 bridgehead atoms. The molecule has 0 radical (unpaired) electrons. The van der Waals surface area contributed by atoms with Crippen molar-refractivity contribution in [3.8, 4) is 16.9 Å². The summed E-state index contributed by atoms with van der Waals surface area (Å²) in [6, 6.07) is 16.3. The van der Waals surface area contributed by atoms with Crippen LogP contribution in [0, 0.1) is 0 Å². The quantitative estimate of drug-likeness (QED) is 0.618. The summed E-state index contributed by atoms with van der Waals surface area (Å²) in [7, 11) is 5.47. The van der Waals surface area contributed by atoms with Gasteiger partial charge >= 0.3 is 0 Å². The highest BCUT2D eigenvalue weighted by molar-refractivity contribution is 5.90. The summed E-state index contributed by atoms with van der Waals surface area (Å²) in [6.07, 6.45) is 1.85. The van der Waals surface area contributed by atoms with Gasteiger partial charge in [0.1, 0.15) is 5.75 Å². The smallest absolute Gasteiger partial charge is 0.119 e. The van der Waals surface area contributed by atoms with Crippen LogP contribution in [0.25, 0.3) is 11.1 Å². The molecule has 0 spiro atoms. The van der Waals surface area contributed by atoms with Gasteiger partial charge in [0.2, 0.25) is 0 Å². The van der Waals surface area contributed by atoms with Gasteiger partial charge in [-0.2, -0.15) is 5.10 Å². The number of methoxy groups -OCH3 is 1. The van der Waals surface area contributed by atoms with Gasteiger partial charge in [-0.1, -0.05) is 36.4 Å². The van der Waals surface area contributed by atoms with Crippen LogP contribution in [0.3, 0.4) is 0 Å². The van der Waals surface area contributed by atoms with Crippen LogP contribution >= 0.6 is 0 Å². The van der Waals surface area contributed by atoms with Crippen LogP contribution in [0.5, 0.6) is 5.75 Å². The summed E-state index contributed by atoms with van der Waals surface area (Å²) in [5.41, 5.74) is 3.36. The summed E-state index contributed by atoms with van der Waals surface area (Å²) >= 11 is 0. The van der Waals surface area contributed by atoms with Gasteiger partial charge in [-0.05, 0) is 23.3 Å². The van der Waals surface area contributed by atoms with Crippen LogP contribution in [0.2, 0.25) is 0 Å². The number of benzene rings is 2. The molecule has 2 aromatic carbocycles. The molecular weight excluding hydrogens is 236 g/mol. The van der Waals surface area contributed by atoms with Gasteiger partial charge in [0, 0.05) is 19.7 Å².